The Morgan fingerprint density at radius 2 is 1.81 bits per heavy atom. The lowest BCUT2D eigenvalue weighted by Gasteiger charge is -2.48. The van der Waals surface area contributed by atoms with E-state index in [1.807, 2.05) is 13.0 Å². The summed E-state index contributed by atoms with van der Waals surface area (Å²) < 4.78 is 28.8. The predicted molar refractivity (Wildman–Crippen MR) is 119 cm³/mol. The third-order valence-electron chi connectivity index (χ3n) is 6.72. The Kier molecular flexibility index (Phi) is 6.19. The van der Waals surface area contributed by atoms with Gasteiger partial charge in [0, 0.05) is 19.0 Å². The van der Waals surface area contributed by atoms with Gasteiger partial charge in [0.15, 0.2) is 0 Å². The highest BCUT2D eigenvalue weighted by Crippen LogP contribution is 2.40. The summed E-state index contributed by atoms with van der Waals surface area (Å²) in [6.07, 6.45) is 4.28. The quantitative estimate of drug-likeness (QED) is 0.745. The van der Waals surface area contributed by atoms with Crippen LogP contribution < -0.4 is 4.72 Å². The lowest BCUT2D eigenvalue weighted by molar-refractivity contribution is -0.145. The average Bonchev–Trinajstić information content (AvgIpc) is 2.77. The second-order valence-electron chi connectivity index (χ2n) is 8.86. The van der Waals surface area contributed by atoms with Gasteiger partial charge >= 0.3 is 0 Å². The number of nitrogens with one attached hydrogen (secondary N) is 1. The largest absolute Gasteiger partial charge is 0.389 e. The number of likely N-dealkylation sites (tertiary alicyclic amines) is 1. The van der Waals surface area contributed by atoms with Gasteiger partial charge in [-0.05, 0) is 43.9 Å². The van der Waals surface area contributed by atoms with Crippen molar-refractivity contribution in [3.05, 3.63) is 65.7 Å². The lowest BCUT2D eigenvalue weighted by Crippen LogP contribution is -2.56. The number of aryl methyl sites for hydroxylation is 1. The van der Waals surface area contributed by atoms with Crippen LogP contribution in [0, 0.1) is 12.8 Å². The SMILES string of the molecule is Cc1ccc(S(=O)(=O)N[C@H](C(=O)N2CC[C@@]3(O)CCCC[C@H]3C2)c2ccccc2)cc1. The first-order valence-electron chi connectivity index (χ1n) is 10.9. The van der Waals surface area contributed by atoms with Gasteiger partial charge in [-0.15, -0.1) is 0 Å². The number of rotatable bonds is 5. The van der Waals surface area contributed by atoms with E-state index in [-0.39, 0.29) is 16.7 Å². The Labute approximate surface area is 184 Å². The molecule has 166 valence electrons. The Morgan fingerprint density at radius 3 is 2.52 bits per heavy atom. The molecule has 2 fully saturated rings. The smallest absolute Gasteiger partial charge is 0.245 e. The standard InChI is InChI=1S/C24H30N2O4S/c1-18-10-12-21(13-11-18)31(29,30)25-22(19-7-3-2-4-8-19)23(27)26-16-15-24(28)14-6-5-9-20(24)17-26/h2-4,7-8,10-13,20,22,25,28H,5-6,9,14-17H2,1H3/t20-,22-,24-/m0/s1. The summed E-state index contributed by atoms with van der Waals surface area (Å²) in [7, 11) is -3.89. The minimum absolute atomic E-state index is 0.0454. The van der Waals surface area contributed by atoms with Gasteiger partial charge in [-0.1, -0.05) is 60.9 Å². The molecule has 0 radical (unpaired) electrons. The van der Waals surface area contributed by atoms with Gasteiger partial charge < -0.3 is 10.0 Å². The Bertz CT molecular complexity index is 1020. The maximum atomic E-state index is 13.6. The Balaban J connectivity index is 1.60. The van der Waals surface area contributed by atoms with Crippen LogP contribution in [-0.4, -0.2) is 43.0 Å². The second kappa shape index (κ2) is 8.73. The molecule has 1 amide bonds. The number of hydrogen-bond acceptors (Lipinski definition) is 4. The van der Waals surface area contributed by atoms with Crippen LogP contribution in [0.15, 0.2) is 59.5 Å². The van der Waals surface area contributed by atoms with Crippen LogP contribution in [0.25, 0.3) is 0 Å². The first kappa shape index (κ1) is 22.0. The first-order chi connectivity index (χ1) is 14.8. The van der Waals surface area contributed by atoms with Crippen LogP contribution in [0.3, 0.4) is 0 Å². The molecular weight excluding hydrogens is 412 g/mol. The van der Waals surface area contributed by atoms with E-state index in [1.54, 1.807) is 53.4 Å². The average molecular weight is 443 g/mol. The van der Waals surface area contributed by atoms with Crippen LogP contribution >= 0.6 is 0 Å². The zero-order chi connectivity index (χ0) is 22.1. The fourth-order valence-electron chi connectivity index (χ4n) is 4.80. The third-order valence-corrected chi connectivity index (χ3v) is 8.16. The molecule has 1 aliphatic carbocycles. The van der Waals surface area contributed by atoms with Crippen LogP contribution in [0.1, 0.15) is 49.3 Å². The van der Waals surface area contributed by atoms with E-state index in [2.05, 4.69) is 4.72 Å². The molecular formula is C24H30N2O4S. The van der Waals surface area contributed by atoms with E-state index < -0.39 is 21.7 Å². The molecule has 0 aromatic heterocycles. The van der Waals surface area contributed by atoms with Gasteiger partial charge in [0.1, 0.15) is 6.04 Å². The van der Waals surface area contributed by atoms with Gasteiger partial charge in [-0.25, -0.2) is 8.42 Å². The summed E-state index contributed by atoms with van der Waals surface area (Å²) >= 11 is 0. The number of hydrogen-bond donors (Lipinski definition) is 2. The molecule has 0 spiro atoms. The molecule has 1 saturated heterocycles. The summed E-state index contributed by atoms with van der Waals surface area (Å²) in [5.74, 6) is -0.224. The maximum absolute atomic E-state index is 13.6. The van der Waals surface area contributed by atoms with E-state index in [9.17, 15) is 18.3 Å². The van der Waals surface area contributed by atoms with Crippen molar-refractivity contribution in [1.82, 2.24) is 9.62 Å². The molecule has 1 aliphatic heterocycles. The van der Waals surface area contributed by atoms with E-state index >= 15 is 0 Å². The molecule has 1 heterocycles. The van der Waals surface area contributed by atoms with E-state index in [1.165, 1.54) is 0 Å². The van der Waals surface area contributed by atoms with Gasteiger partial charge in [0.25, 0.3) is 0 Å². The summed E-state index contributed by atoms with van der Waals surface area (Å²) in [5, 5.41) is 11.0. The van der Waals surface area contributed by atoms with Gasteiger partial charge in [-0.2, -0.15) is 4.72 Å². The Morgan fingerprint density at radius 1 is 1.10 bits per heavy atom. The van der Waals surface area contributed by atoms with Crippen LogP contribution in [0.5, 0.6) is 0 Å². The highest BCUT2D eigenvalue weighted by atomic mass is 32.2. The molecule has 0 bridgehead atoms. The summed E-state index contributed by atoms with van der Waals surface area (Å²) in [4.78, 5) is 15.4. The molecule has 7 heteroatoms. The number of piperidine rings is 1. The number of amides is 1. The first-order valence-corrected chi connectivity index (χ1v) is 12.4. The van der Waals surface area contributed by atoms with Crippen molar-refractivity contribution in [3.63, 3.8) is 0 Å². The molecule has 4 rings (SSSR count). The van der Waals surface area contributed by atoms with Crippen molar-refractivity contribution in [2.24, 2.45) is 5.92 Å². The summed E-state index contributed by atoms with van der Waals surface area (Å²) in [5.41, 5.74) is 0.870. The van der Waals surface area contributed by atoms with E-state index in [4.69, 9.17) is 0 Å². The zero-order valence-corrected chi connectivity index (χ0v) is 18.6. The zero-order valence-electron chi connectivity index (χ0n) is 17.8. The summed E-state index contributed by atoms with van der Waals surface area (Å²) in [6, 6.07) is 14.5. The molecule has 2 aromatic carbocycles. The van der Waals surface area contributed by atoms with Crippen molar-refractivity contribution in [1.29, 1.82) is 0 Å². The number of sulfonamides is 1. The maximum Gasteiger partial charge on any atom is 0.245 e. The van der Waals surface area contributed by atoms with Crippen LogP contribution in [-0.2, 0) is 14.8 Å². The monoisotopic (exact) mass is 442 g/mol. The van der Waals surface area contributed by atoms with Crippen molar-refractivity contribution in [2.75, 3.05) is 13.1 Å². The van der Waals surface area contributed by atoms with Crippen molar-refractivity contribution in [2.45, 2.75) is 55.6 Å². The summed E-state index contributed by atoms with van der Waals surface area (Å²) in [6.45, 7) is 2.79. The van der Waals surface area contributed by atoms with Gasteiger partial charge in [-0.3, -0.25) is 4.79 Å². The molecule has 1 saturated carbocycles. The highest BCUT2D eigenvalue weighted by molar-refractivity contribution is 7.89. The Hall–Kier alpha value is -2.22. The number of aliphatic hydroxyl groups is 1. The molecule has 2 aliphatic rings. The van der Waals surface area contributed by atoms with Gasteiger partial charge in [0.05, 0.1) is 10.5 Å². The molecule has 31 heavy (non-hydrogen) atoms. The van der Waals surface area contributed by atoms with Crippen molar-refractivity contribution in [3.8, 4) is 0 Å². The van der Waals surface area contributed by atoms with Gasteiger partial charge in [0.2, 0.25) is 15.9 Å². The van der Waals surface area contributed by atoms with Crippen LogP contribution in [0.4, 0.5) is 0 Å². The highest BCUT2D eigenvalue weighted by Gasteiger charge is 2.45. The second-order valence-corrected chi connectivity index (χ2v) is 10.6. The number of benzene rings is 2. The number of fused-ring (bicyclic) bond motifs is 1. The third kappa shape index (κ3) is 4.68. The minimum atomic E-state index is -3.89. The normalized spacial score (nSPS) is 25.0. The number of nitrogens with zero attached hydrogens (tertiary/aromatic N) is 1. The molecule has 2 N–H and O–H groups in total. The predicted octanol–water partition coefficient (Wildman–Crippen LogP) is 3.17. The molecule has 2 aromatic rings. The number of carbonyl (C=O) groups excluding carboxylic acids is 1. The lowest BCUT2D eigenvalue weighted by atomic mass is 9.71. The molecule has 0 unspecified atom stereocenters. The van der Waals surface area contributed by atoms with Crippen LogP contribution in [0.2, 0.25) is 0 Å². The molecule has 6 nitrogen and oxygen atoms in total. The topological polar surface area (TPSA) is 86.7 Å². The van der Waals surface area contributed by atoms with Crippen molar-refractivity contribution >= 4 is 15.9 Å². The minimum Gasteiger partial charge on any atom is -0.389 e. The van der Waals surface area contributed by atoms with Crippen molar-refractivity contribution < 1.29 is 18.3 Å². The fourth-order valence-corrected chi connectivity index (χ4v) is 5.98. The van der Waals surface area contributed by atoms with E-state index in [0.29, 0.717) is 25.1 Å². The van der Waals surface area contributed by atoms with E-state index in [0.717, 1.165) is 31.2 Å². The fraction of sp³-hybridized carbons (Fsp3) is 0.458. The molecule has 3 atom stereocenters. The number of carbonyl (C=O) groups is 1.